The zero-order valence-corrected chi connectivity index (χ0v) is 13.8. The Balaban J connectivity index is 1.63. The highest BCUT2D eigenvalue weighted by molar-refractivity contribution is 5.76. The first-order valence-electron chi connectivity index (χ1n) is 8.24. The van der Waals surface area contributed by atoms with Crippen LogP contribution in [-0.2, 0) is 11.2 Å². The molecule has 26 heavy (non-hydrogen) atoms. The van der Waals surface area contributed by atoms with E-state index in [1.165, 1.54) is 17.0 Å². The summed E-state index contributed by atoms with van der Waals surface area (Å²) in [6.07, 6.45) is -4.27. The third kappa shape index (κ3) is 4.59. The van der Waals surface area contributed by atoms with Crippen LogP contribution in [0.15, 0.2) is 28.8 Å². The minimum absolute atomic E-state index is 0.0742. The van der Waals surface area contributed by atoms with E-state index in [1.807, 2.05) is 0 Å². The molecular weight excluding hydrogens is 354 g/mol. The third-order valence-electron chi connectivity index (χ3n) is 4.27. The second-order valence-electron chi connectivity index (χ2n) is 6.34. The van der Waals surface area contributed by atoms with Gasteiger partial charge >= 0.3 is 6.18 Å². The van der Waals surface area contributed by atoms with Gasteiger partial charge in [0, 0.05) is 19.5 Å². The van der Waals surface area contributed by atoms with E-state index in [-0.39, 0.29) is 29.7 Å². The molecule has 5 nitrogen and oxygen atoms in total. The van der Waals surface area contributed by atoms with Crippen LogP contribution in [-0.4, -0.2) is 40.2 Å². The maximum absolute atomic E-state index is 13.8. The van der Waals surface area contributed by atoms with Gasteiger partial charge in [-0.3, -0.25) is 4.79 Å². The van der Waals surface area contributed by atoms with Gasteiger partial charge in [0.05, 0.1) is 5.56 Å². The molecule has 1 atom stereocenters. The number of nitrogens with zero attached hydrogens (tertiary/aromatic N) is 3. The summed E-state index contributed by atoms with van der Waals surface area (Å²) < 4.78 is 56.1. The highest BCUT2D eigenvalue weighted by atomic mass is 19.4. The first-order chi connectivity index (χ1) is 12.3. The Morgan fingerprint density at radius 2 is 2.08 bits per heavy atom. The molecule has 1 aromatic heterocycles. The molecule has 140 valence electrons. The van der Waals surface area contributed by atoms with E-state index in [0.717, 1.165) is 6.42 Å². The van der Waals surface area contributed by atoms with Crippen LogP contribution in [0.25, 0.3) is 11.4 Å². The number of carbonyl (C=O) groups is 1. The van der Waals surface area contributed by atoms with Crippen LogP contribution >= 0.6 is 0 Å². The molecule has 1 aliphatic rings. The van der Waals surface area contributed by atoms with Crippen molar-refractivity contribution >= 4 is 5.91 Å². The number of aromatic nitrogens is 2. The number of piperidine rings is 1. The van der Waals surface area contributed by atoms with Crippen LogP contribution in [0.4, 0.5) is 17.6 Å². The molecule has 0 N–H and O–H groups in total. The summed E-state index contributed by atoms with van der Waals surface area (Å²) in [5.74, 6) is -1.06. The molecule has 9 heteroatoms. The molecule has 1 aromatic carbocycles. The van der Waals surface area contributed by atoms with Crippen molar-refractivity contribution in [3.8, 4) is 11.4 Å². The fourth-order valence-corrected chi connectivity index (χ4v) is 3.08. The van der Waals surface area contributed by atoms with E-state index in [2.05, 4.69) is 10.1 Å². The molecule has 2 heterocycles. The van der Waals surface area contributed by atoms with Gasteiger partial charge in [0.1, 0.15) is 12.2 Å². The summed E-state index contributed by atoms with van der Waals surface area (Å²) in [6.45, 7) is 0.530. The lowest BCUT2D eigenvalue weighted by molar-refractivity contribution is -0.162. The molecule has 1 amide bonds. The fraction of sp³-hybridized carbons (Fsp3) is 0.471. The number of hydrogen-bond acceptors (Lipinski definition) is 4. The normalized spacial score (nSPS) is 18.2. The SMILES string of the molecule is O=C(CC(F)(F)F)N1CCC[C@H](Cc2nc(-c3ccccc3F)no2)C1. The van der Waals surface area contributed by atoms with Crippen molar-refractivity contribution in [2.45, 2.75) is 31.9 Å². The van der Waals surface area contributed by atoms with Gasteiger partial charge < -0.3 is 9.42 Å². The smallest absolute Gasteiger partial charge is 0.342 e. The van der Waals surface area contributed by atoms with E-state index in [1.54, 1.807) is 12.1 Å². The highest BCUT2D eigenvalue weighted by Crippen LogP contribution is 2.26. The minimum atomic E-state index is -4.51. The molecule has 3 rings (SSSR count). The Kier molecular flexibility index (Phi) is 5.24. The summed E-state index contributed by atoms with van der Waals surface area (Å²) in [7, 11) is 0. The largest absolute Gasteiger partial charge is 0.397 e. The molecule has 0 bridgehead atoms. The molecule has 0 aliphatic carbocycles. The average Bonchev–Trinajstić information content (AvgIpc) is 3.02. The van der Waals surface area contributed by atoms with Gasteiger partial charge in [-0.15, -0.1) is 0 Å². The lowest BCUT2D eigenvalue weighted by Crippen LogP contribution is -2.42. The molecule has 0 radical (unpaired) electrons. The zero-order chi connectivity index (χ0) is 18.7. The molecule has 2 aromatic rings. The van der Waals surface area contributed by atoms with Crippen LogP contribution in [0.2, 0.25) is 0 Å². The van der Waals surface area contributed by atoms with Gasteiger partial charge in [-0.05, 0) is 30.9 Å². The molecular formula is C17H17F4N3O2. The van der Waals surface area contributed by atoms with Gasteiger partial charge in [-0.2, -0.15) is 18.2 Å². The predicted octanol–water partition coefficient (Wildman–Crippen LogP) is 3.61. The first-order valence-corrected chi connectivity index (χ1v) is 8.24. The Hall–Kier alpha value is -2.45. The standard InChI is InChI=1S/C17H17F4N3O2/c18-13-6-2-1-5-12(13)16-22-14(26-23-16)8-11-4-3-7-24(10-11)15(25)9-17(19,20)21/h1-2,5-6,11H,3-4,7-10H2/t11-/m1/s1. The Morgan fingerprint density at radius 3 is 2.81 bits per heavy atom. The lowest BCUT2D eigenvalue weighted by Gasteiger charge is -2.32. The van der Waals surface area contributed by atoms with Crippen molar-refractivity contribution < 1.29 is 26.9 Å². The minimum Gasteiger partial charge on any atom is -0.342 e. The van der Waals surface area contributed by atoms with Crippen LogP contribution in [0.1, 0.15) is 25.2 Å². The van der Waals surface area contributed by atoms with Crippen LogP contribution in [0.3, 0.4) is 0 Å². The summed E-state index contributed by atoms with van der Waals surface area (Å²) in [6, 6.07) is 6.02. The number of halogens is 4. The first kappa shape index (κ1) is 18.3. The van der Waals surface area contributed by atoms with Gasteiger partial charge in [0.2, 0.25) is 17.6 Å². The van der Waals surface area contributed by atoms with Crippen molar-refractivity contribution in [2.24, 2.45) is 5.92 Å². The summed E-state index contributed by atoms with van der Waals surface area (Å²) in [5, 5.41) is 3.76. The van der Waals surface area contributed by atoms with Gasteiger partial charge in [0.25, 0.3) is 0 Å². The van der Waals surface area contributed by atoms with E-state index in [0.29, 0.717) is 19.4 Å². The van der Waals surface area contributed by atoms with Crippen molar-refractivity contribution in [3.63, 3.8) is 0 Å². The number of alkyl halides is 3. The van der Waals surface area contributed by atoms with E-state index >= 15 is 0 Å². The molecule has 0 saturated carbocycles. The second-order valence-corrected chi connectivity index (χ2v) is 6.34. The quantitative estimate of drug-likeness (QED) is 0.771. The van der Waals surface area contributed by atoms with Crippen molar-refractivity contribution in [2.75, 3.05) is 13.1 Å². The maximum Gasteiger partial charge on any atom is 0.397 e. The topological polar surface area (TPSA) is 59.2 Å². The number of carbonyl (C=O) groups excluding carboxylic acids is 1. The second kappa shape index (κ2) is 7.43. The molecule has 0 unspecified atom stereocenters. The van der Waals surface area contributed by atoms with Crippen molar-refractivity contribution in [3.05, 3.63) is 36.0 Å². The molecule has 1 aliphatic heterocycles. The fourth-order valence-electron chi connectivity index (χ4n) is 3.08. The average molecular weight is 371 g/mol. The van der Waals surface area contributed by atoms with Crippen molar-refractivity contribution in [1.29, 1.82) is 0 Å². The van der Waals surface area contributed by atoms with E-state index in [4.69, 9.17) is 4.52 Å². The Morgan fingerprint density at radius 1 is 1.31 bits per heavy atom. The Labute approximate surface area is 147 Å². The summed E-state index contributed by atoms with van der Waals surface area (Å²) in [4.78, 5) is 17.1. The zero-order valence-electron chi connectivity index (χ0n) is 13.8. The van der Waals surface area contributed by atoms with E-state index in [9.17, 15) is 22.4 Å². The van der Waals surface area contributed by atoms with Crippen molar-refractivity contribution in [1.82, 2.24) is 15.0 Å². The number of hydrogen-bond donors (Lipinski definition) is 0. The number of amides is 1. The van der Waals surface area contributed by atoms with Crippen LogP contribution < -0.4 is 0 Å². The monoisotopic (exact) mass is 371 g/mol. The molecule has 0 spiro atoms. The number of rotatable bonds is 4. The molecule has 1 fully saturated rings. The highest BCUT2D eigenvalue weighted by Gasteiger charge is 2.35. The summed E-state index contributed by atoms with van der Waals surface area (Å²) >= 11 is 0. The third-order valence-corrected chi connectivity index (χ3v) is 4.27. The van der Waals surface area contributed by atoms with Crippen LogP contribution in [0, 0.1) is 11.7 Å². The maximum atomic E-state index is 13.8. The number of benzene rings is 1. The van der Waals surface area contributed by atoms with Gasteiger partial charge in [-0.25, -0.2) is 4.39 Å². The molecule has 1 saturated heterocycles. The lowest BCUT2D eigenvalue weighted by atomic mass is 9.94. The van der Waals surface area contributed by atoms with Crippen LogP contribution in [0.5, 0.6) is 0 Å². The number of likely N-dealkylation sites (tertiary alicyclic amines) is 1. The Bertz CT molecular complexity index is 775. The van der Waals surface area contributed by atoms with E-state index < -0.39 is 24.3 Å². The van der Waals surface area contributed by atoms with Gasteiger partial charge in [0.15, 0.2) is 0 Å². The summed E-state index contributed by atoms with van der Waals surface area (Å²) in [5.41, 5.74) is 0.216. The van der Waals surface area contributed by atoms with Gasteiger partial charge in [-0.1, -0.05) is 17.3 Å². The predicted molar refractivity (Wildman–Crippen MR) is 83.4 cm³/mol.